The van der Waals surface area contributed by atoms with Crippen LogP contribution in [-0.4, -0.2) is 23.7 Å². The SMILES string of the molecule is O=C(O)CNC(=O)Nc1cccc(Cl)c1Br. The van der Waals surface area contributed by atoms with Gasteiger partial charge in [0.1, 0.15) is 6.54 Å². The molecule has 0 saturated heterocycles. The van der Waals surface area contributed by atoms with Crippen LogP contribution in [0.25, 0.3) is 0 Å². The first kappa shape index (κ1) is 12.8. The van der Waals surface area contributed by atoms with Crippen molar-refractivity contribution in [3.8, 4) is 0 Å². The molecular formula is C9H8BrClN2O3. The normalized spacial score (nSPS) is 9.62. The summed E-state index contributed by atoms with van der Waals surface area (Å²) in [7, 11) is 0. The van der Waals surface area contributed by atoms with Gasteiger partial charge in [-0.05, 0) is 28.1 Å². The quantitative estimate of drug-likeness (QED) is 0.802. The van der Waals surface area contributed by atoms with Crippen molar-refractivity contribution < 1.29 is 14.7 Å². The monoisotopic (exact) mass is 306 g/mol. The van der Waals surface area contributed by atoms with Crippen LogP contribution in [0, 0.1) is 0 Å². The van der Waals surface area contributed by atoms with Crippen molar-refractivity contribution >= 4 is 45.2 Å². The summed E-state index contributed by atoms with van der Waals surface area (Å²) < 4.78 is 0.544. The molecule has 0 aliphatic rings. The van der Waals surface area contributed by atoms with E-state index in [1.807, 2.05) is 0 Å². The minimum atomic E-state index is -1.11. The molecule has 0 aromatic heterocycles. The van der Waals surface area contributed by atoms with Crippen LogP contribution in [0.2, 0.25) is 5.02 Å². The van der Waals surface area contributed by atoms with Crippen LogP contribution >= 0.6 is 27.5 Å². The molecule has 2 amide bonds. The molecule has 1 rings (SSSR count). The highest BCUT2D eigenvalue weighted by atomic mass is 79.9. The number of hydrogen-bond acceptors (Lipinski definition) is 2. The van der Waals surface area contributed by atoms with Gasteiger partial charge in [-0.3, -0.25) is 4.79 Å². The van der Waals surface area contributed by atoms with Gasteiger partial charge in [-0.2, -0.15) is 0 Å². The fourth-order valence-electron chi connectivity index (χ4n) is 0.923. The van der Waals surface area contributed by atoms with E-state index in [0.29, 0.717) is 15.2 Å². The second-order valence-electron chi connectivity index (χ2n) is 2.80. The van der Waals surface area contributed by atoms with Gasteiger partial charge in [-0.1, -0.05) is 17.7 Å². The predicted octanol–water partition coefficient (Wildman–Crippen LogP) is 2.31. The van der Waals surface area contributed by atoms with Gasteiger partial charge in [0.2, 0.25) is 0 Å². The summed E-state index contributed by atoms with van der Waals surface area (Å²) in [5.41, 5.74) is 0.468. The molecule has 0 spiro atoms. The number of urea groups is 1. The molecule has 86 valence electrons. The molecule has 0 heterocycles. The van der Waals surface area contributed by atoms with E-state index in [0.717, 1.165) is 0 Å². The van der Waals surface area contributed by atoms with Gasteiger partial charge in [0.15, 0.2) is 0 Å². The lowest BCUT2D eigenvalue weighted by atomic mass is 10.3. The molecule has 1 aromatic rings. The number of anilines is 1. The third-order valence-electron chi connectivity index (χ3n) is 1.60. The molecule has 0 saturated carbocycles. The Kier molecular flexibility index (Phi) is 4.57. The smallest absolute Gasteiger partial charge is 0.323 e. The van der Waals surface area contributed by atoms with Crippen LogP contribution < -0.4 is 10.6 Å². The number of carboxylic acids is 1. The number of amides is 2. The number of carboxylic acid groups (broad SMARTS) is 1. The first-order valence-electron chi connectivity index (χ1n) is 4.21. The lowest BCUT2D eigenvalue weighted by molar-refractivity contribution is -0.135. The fraction of sp³-hybridized carbons (Fsp3) is 0.111. The highest BCUT2D eigenvalue weighted by Gasteiger charge is 2.08. The van der Waals surface area contributed by atoms with Gasteiger partial charge in [0.05, 0.1) is 15.2 Å². The van der Waals surface area contributed by atoms with Crippen molar-refractivity contribution in [2.75, 3.05) is 11.9 Å². The molecule has 0 bridgehead atoms. The molecule has 7 heteroatoms. The highest BCUT2D eigenvalue weighted by Crippen LogP contribution is 2.29. The number of carbonyl (C=O) groups is 2. The van der Waals surface area contributed by atoms with E-state index in [1.54, 1.807) is 18.2 Å². The van der Waals surface area contributed by atoms with Gasteiger partial charge >= 0.3 is 12.0 Å². The first-order chi connectivity index (χ1) is 7.50. The summed E-state index contributed by atoms with van der Waals surface area (Å²) in [6, 6.07) is 4.35. The van der Waals surface area contributed by atoms with Crippen molar-refractivity contribution in [1.29, 1.82) is 0 Å². The minimum Gasteiger partial charge on any atom is -0.480 e. The van der Waals surface area contributed by atoms with Crippen LogP contribution in [0.5, 0.6) is 0 Å². The number of benzene rings is 1. The standard InChI is InChI=1S/C9H8BrClN2O3/c10-8-5(11)2-1-3-6(8)13-9(16)12-4-7(14)15/h1-3H,4H2,(H,14,15)(H2,12,13,16). The molecule has 5 nitrogen and oxygen atoms in total. The van der Waals surface area contributed by atoms with Gasteiger partial charge in [0, 0.05) is 0 Å². The molecule has 0 fully saturated rings. The third kappa shape index (κ3) is 3.71. The number of hydrogen-bond donors (Lipinski definition) is 3. The van der Waals surface area contributed by atoms with E-state index >= 15 is 0 Å². The van der Waals surface area contributed by atoms with Gasteiger partial charge < -0.3 is 15.7 Å². The highest BCUT2D eigenvalue weighted by molar-refractivity contribution is 9.10. The van der Waals surface area contributed by atoms with Crippen molar-refractivity contribution in [3.05, 3.63) is 27.7 Å². The summed E-state index contributed by atoms with van der Waals surface area (Å²) in [6.07, 6.45) is 0. The third-order valence-corrected chi connectivity index (χ3v) is 3.00. The Morgan fingerprint density at radius 1 is 1.44 bits per heavy atom. The molecule has 0 aliphatic heterocycles. The average Bonchev–Trinajstić information content (AvgIpc) is 2.22. The van der Waals surface area contributed by atoms with E-state index in [-0.39, 0.29) is 0 Å². The summed E-state index contributed by atoms with van der Waals surface area (Å²) in [4.78, 5) is 21.4. The number of halogens is 2. The maximum absolute atomic E-state index is 11.2. The predicted molar refractivity (Wildman–Crippen MR) is 63.8 cm³/mol. The largest absolute Gasteiger partial charge is 0.480 e. The van der Waals surface area contributed by atoms with E-state index in [1.165, 1.54) is 0 Å². The van der Waals surface area contributed by atoms with Crippen LogP contribution in [-0.2, 0) is 4.79 Å². The molecule has 0 unspecified atom stereocenters. The Balaban J connectivity index is 2.63. The maximum atomic E-state index is 11.2. The van der Waals surface area contributed by atoms with Crippen molar-refractivity contribution in [2.45, 2.75) is 0 Å². The minimum absolute atomic E-state index is 0.440. The van der Waals surface area contributed by atoms with Crippen LogP contribution in [0.1, 0.15) is 0 Å². The zero-order valence-corrected chi connectivity index (χ0v) is 10.3. The van der Waals surface area contributed by atoms with Gasteiger partial charge in [-0.15, -0.1) is 0 Å². The van der Waals surface area contributed by atoms with E-state index in [2.05, 4.69) is 26.6 Å². The molecule has 16 heavy (non-hydrogen) atoms. The zero-order chi connectivity index (χ0) is 12.1. The molecule has 0 radical (unpaired) electrons. The molecule has 0 aliphatic carbocycles. The van der Waals surface area contributed by atoms with Gasteiger partial charge in [0.25, 0.3) is 0 Å². The Hall–Kier alpha value is -1.27. The average molecular weight is 308 g/mol. The Bertz CT molecular complexity index is 425. The maximum Gasteiger partial charge on any atom is 0.323 e. The lowest BCUT2D eigenvalue weighted by Crippen LogP contribution is -2.33. The lowest BCUT2D eigenvalue weighted by Gasteiger charge is -2.08. The first-order valence-corrected chi connectivity index (χ1v) is 5.38. The Labute approximate surface area is 105 Å². The Morgan fingerprint density at radius 3 is 2.75 bits per heavy atom. The van der Waals surface area contributed by atoms with E-state index in [4.69, 9.17) is 16.7 Å². The summed E-state index contributed by atoms with van der Waals surface area (Å²) >= 11 is 9.01. The number of nitrogens with one attached hydrogen (secondary N) is 2. The number of rotatable bonds is 3. The zero-order valence-electron chi connectivity index (χ0n) is 7.96. The van der Waals surface area contributed by atoms with Crippen LogP contribution in [0.3, 0.4) is 0 Å². The van der Waals surface area contributed by atoms with Crippen LogP contribution in [0.15, 0.2) is 22.7 Å². The molecular weight excluding hydrogens is 299 g/mol. The second-order valence-corrected chi connectivity index (χ2v) is 4.00. The van der Waals surface area contributed by atoms with Gasteiger partial charge in [-0.25, -0.2) is 4.79 Å². The molecule has 0 atom stereocenters. The second kappa shape index (κ2) is 5.72. The van der Waals surface area contributed by atoms with Crippen molar-refractivity contribution in [2.24, 2.45) is 0 Å². The van der Waals surface area contributed by atoms with Crippen LogP contribution in [0.4, 0.5) is 10.5 Å². The summed E-state index contributed by atoms with van der Waals surface area (Å²) in [6.45, 7) is -0.440. The number of aliphatic carboxylic acids is 1. The fourth-order valence-corrected chi connectivity index (χ4v) is 1.46. The Morgan fingerprint density at radius 2 is 2.12 bits per heavy atom. The molecule has 1 aromatic carbocycles. The topological polar surface area (TPSA) is 78.4 Å². The molecule has 3 N–H and O–H groups in total. The summed E-state index contributed by atoms with van der Waals surface area (Å²) in [5, 5.41) is 13.4. The van der Waals surface area contributed by atoms with E-state index < -0.39 is 18.5 Å². The van der Waals surface area contributed by atoms with Crippen molar-refractivity contribution in [1.82, 2.24) is 5.32 Å². The van der Waals surface area contributed by atoms with E-state index in [9.17, 15) is 9.59 Å². The van der Waals surface area contributed by atoms with Crippen molar-refractivity contribution in [3.63, 3.8) is 0 Å². The summed E-state index contributed by atoms with van der Waals surface area (Å²) in [5.74, 6) is -1.11. The number of carbonyl (C=O) groups excluding carboxylic acids is 1.